The SMILES string of the molecule is CC(C)CNC(=O)[C@H](C)Sc1nnc(-c2cc3c(s2)CC[C@@H](C)C3)o1. The predicted molar refractivity (Wildman–Crippen MR) is 102 cm³/mol. The molecule has 25 heavy (non-hydrogen) atoms. The number of hydrogen-bond acceptors (Lipinski definition) is 6. The fourth-order valence-corrected chi connectivity index (χ4v) is 4.66. The molecule has 0 aliphatic heterocycles. The van der Waals surface area contributed by atoms with Gasteiger partial charge in [-0.05, 0) is 49.7 Å². The Kier molecular flexibility index (Phi) is 5.84. The van der Waals surface area contributed by atoms with Crippen molar-refractivity contribution < 1.29 is 9.21 Å². The van der Waals surface area contributed by atoms with Gasteiger partial charge >= 0.3 is 0 Å². The summed E-state index contributed by atoms with van der Waals surface area (Å²) in [7, 11) is 0. The zero-order chi connectivity index (χ0) is 18.0. The number of amides is 1. The lowest BCUT2D eigenvalue weighted by Gasteiger charge is -2.16. The van der Waals surface area contributed by atoms with Gasteiger partial charge in [-0.3, -0.25) is 4.79 Å². The van der Waals surface area contributed by atoms with Crippen molar-refractivity contribution in [1.29, 1.82) is 0 Å². The van der Waals surface area contributed by atoms with E-state index < -0.39 is 0 Å². The largest absolute Gasteiger partial charge is 0.410 e. The van der Waals surface area contributed by atoms with Crippen molar-refractivity contribution in [2.24, 2.45) is 11.8 Å². The van der Waals surface area contributed by atoms with E-state index in [4.69, 9.17) is 4.42 Å². The number of aryl methyl sites for hydroxylation is 1. The highest BCUT2D eigenvalue weighted by atomic mass is 32.2. The maximum atomic E-state index is 12.1. The highest BCUT2D eigenvalue weighted by molar-refractivity contribution is 8.00. The summed E-state index contributed by atoms with van der Waals surface area (Å²) < 4.78 is 5.79. The Morgan fingerprint density at radius 1 is 1.44 bits per heavy atom. The minimum Gasteiger partial charge on any atom is -0.410 e. The molecular formula is C18H25N3O2S2. The smallest absolute Gasteiger partial charge is 0.277 e. The first kappa shape index (κ1) is 18.5. The van der Waals surface area contributed by atoms with E-state index in [-0.39, 0.29) is 11.2 Å². The number of rotatable bonds is 6. The number of nitrogens with zero attached hydrogens (tertiary/aromatic N) is 2. The summed E-state index contributed by atoms with van der Waals surface area (Å²) in [5.74, 6) is 1.74. The van der Waals surface area contributed by atoms with Crippen LogP contribution >= 0.6 is 23.1 Å². The molecule has 1 aliphatic carbocycles. The van der Waals surface area contributed by atoms with Gasteiger partial charge in [0.05, 0.1) is 10.1 Å². The van der Waals surface area contributed by atoms with Crippen molar-refractivity contribution in [2.75, 3.05) is 6.54 Å². The monoisotopic (exact) mass is 379 g/mol. The second-order valence-corrected chi connectivity index (χ2v) is 9.61. The molecule has 1 aliphatic rings. The third-order valence-corrected chi connectivity index (χ3v) is 6.44. The molecule has 5 nitrogen and oxygen atoms in total. The van der Waals surface area contributed by atoms with E-state index in [9.17, 15) is 4.79 Å². The van der Waals surface area contributed by atoms with Crippen LogP contribution in [0.4, 0.5) is 0 Å². The number of aromatic nitrogens is 2. The van der Waals surface area contributed by atoms with Crippen molar-refractivity contribution in [3.05, 3.63) is 16.5 Å². The number of carbonyl (C=O) groups is 1. The van der Waals surface area contributed by atoms with Crippen molar-refractivity contribution in [3.8, 4) is 10.8 Å². The van der Waals surface area contributed by atoms with Crippen LogP contribution in [0.5, 0.6) is 0 Å². The second kappa shape index (κ2) is 7.91. The first-order chi connectivity index (χ1) is 11.9. The van der Waals surface area contributed by atoms with Gasteiger partial charge in [0.2, 0.25) is 5.91 Å². The molecule has 1 N–H and O–H groups in total. The summed E-state index contributed by atoms with van der Waals surface area (Å²) >= 11 is 3.06. The number of nitrogens with one attached hydrogen (secondary N) is 1. The Labute approximate surface area is 157 Å². The predicted octanol–water partition coefficient (Wildman–Crippen LogP) is 4.18. The Morgan fingerprint density at radius 2 is 2.24 bits per heavy atom. The minimum atomic E-state index is -0.260. The molecular weight excluding hydrogens is 354 g/mol. The molecule has 0 spiro atoms. The second-order valence-electron chi connectivity index (χ2n) is 7.18. The fraction of sp³-hybridized carbons (Fsp3) is 0.611. The van der Waals surface area contributed by atoms with Crippen LogP contribution in [0.2, 0.25) is 0 Å². The van der Waals surface area contributed by atoms with Crippen LogP contribution < -0.4 is 5.32 Å². The van der Waals surface area contributed by atoms with Crippen molar-refractivity contribution in [3.63, 3.8) is 0 Å². The molecule has 0 saturated carbocycles. The average molecular weight is 380 g/mol. The molecule has 2 atom stereocenters. The molecule has 2 heterocycles. The van der Waals surface area contributed by atoms with E-state index in [0.717, 1.165) is 23.6 Å². The Hall–Kier alpha value is -1.34. The highest BCUT2D eigenvalue weighted by Crippen LogP contribution is 2.37. The van der Waals surface area contributed by atoms with Crippen molar-refractivity contribution in [1.82, 2.24) is 15.5 Å². The molecule has 0 unspecified atom stereocenters. The number of carbonyl (C=O) groups excluding carboxylic acids is 1. The van der Waals surface area contributed by atoms with Gasteiger partial charge < -0.3 is 9.73 Å². The van der Waals surface area contributed by atoms with Gasteiger partial charge in [0.25, 0.3) is 11.1 Å². The number of thiophene rings is 1. The number of fused-ring (bicyclic) bond motifs is 1. The Bertz CT molecular complexity index is 739. The van der Waals surface area contributed by atoms with Crippen LogP contribution in [-0.4, -0.2) is 27.9 Å². The van der Waals surface area contributed by atoms with E-state index in [0.29, 0.717) is 23.6 Å². The lowest BCUT2D eigenvalue weighted by molar-refractivity contribution is -0.120. The van der Waals surface area contributed by atoms with Gasteiger partial charge in [-0.25, -0.2) is 0 Å². The number of thioether (sulfide) groups is 1. The summed E-state index contributed by atoms with van der Waals surface area (Å²) in [6.07, 6.45) is 3.53. The van der Waals surface area contributed by atoms with E-state index in [1.165, 1.54) is 28.6 Å². The van der Waals surface area contributed by atoms with E-state index in [2.05, 4.69) is 42.4 Å². The lowest BCUT2D eigenvalue weighted by Crippen LogP contribution is -2.33. The summed E-state index contributed by atoms with van der Waals surface area (Å²) in [5.41, 5.74) is 1.42. The highest BCUT2D eigenvalue weighted by Gasteiger charge is 2.22. The zero-order valence-electron chi connectivity index (χ0n) is 15.2. The van der Waals surface area contributed by atoms with Gasteiger partial charge in [0.1, 0.15) is 0 Å². The van der Waals surface area contributed by atoms with Gasteiger partial charge in [-0.1, -0.05) is 32.5 Å². The maximum Gasteiger partial charge on any atom is 0.277 e. The quantitative estimate of drug-likeness (QED) is 0.763. The van der Waals surface area contributed by atoms with Gasteiger partial charge in [-0.15, -0.1) is 21.5 Å². The minimum absolute atomic E-state index is 0.000902. The summed E-state index contributed by atoms with van der Waals surface area (Å²) in [5, 5.41) is 11.4. The van der Waals surface area contributed by atoms with Crippen molar-refractivity contribution in [2.45, 2.75) is 57.4 Å². The standard InChI is InChI=1S/C18H25N3O2S2/c1-10(2)9-19-16(22)12(4)24-18-21-20-17(23-18)15-8-13-7-11(3)5-6-14(13)25-15/h8,10-12H,5-7,9H2,1-4H3,(H,19,22)/t11-,12+/m1/s1. The van der Waals surface area contributed by atoms with Crippen LogP contribution in [0.3, 0.4) is 0 Å². The molecule has 3 rings (SSSR count). The normalized spacial score (nSPS) is 18.2. The molecule has 136 valence electrons. The van der Waals surface area contributed by atoms with Gasteiger partial charge in [0, 0.05) is 11.4 Å². The first-order valence-corrected chi connectivity index (χ1v) is 10.5. The summed E-state index contributed by atoms with van der Waals surface area (Å²) in [6, 6.07) is 2.19. The molecule has 0 radical (unpaired) electrons. The Morgan fingerprint density at radius 3 is 3.00 bits per heavy atom. The molecule has 1 amide bonds. The average Bonchev–Trinajstić information content (AvgIpc) is 3.18. The first-order valence-electron chi connectivity index (χ1n) is 8.82. The molecule has 0 saturated heterocycles. The molecule has 2 aromatic heterocycles. The molecule has 2 aromatic rings. The van der Waals surface area contributed by atoms with Crippen LogP contribution in [0.1, 0.15) is 44.6 Å². The van der Waals surface area contributed by atoms with E-state index >= 15 is 0 Å². The van der Waals surface area contributed by atoms with Gasteiger partial charge in [-0.2, -0.15) is 0 Å². The third kappa shape index (κ3) is 4.64. The molecule has 0 fully saturated rings. The topological polar surface area (TPSA) is 68.0 Å². The van der Waals surface area contributed by atoms with Crippen molar-refractivity contribution >= 4 is 29.0 Å². The Balaban J connectivity index is 1.64. The zero-order valence-corrected chi connectivity index (χ0v) is 16.8. The summed E-state index contributed by atoms with van der Waals surface area (Å²) in [4.78, 5) is 14.6. The van der Waals surface area contributed by atoms with Gasteiger partial charge in [0.15, 0.2) is 0 Å². The number of hydrogen-bond donors (Lipinski definition) is 1. The molecule has 7 heteroatoms. The van der Waals surface area contributed by atoms with Crippen LogP contribution in [-0.2, 0) is 17.6 Å². The maximum absolute atomic E-state index is 12.1. The van der Waals surface area contributed by atoms with E-state index in [1.807, 2.05) is 6.92 Å². The summed E-state index contributed by atoms with van der Waals surface area (Å²) in [6.45, 7) is 8.98. The van der Waals surface area contributed by atoms with Crippen LogP contribution in [0, 0.1) is 11.8 Å². The lowest BCUT2D eigenvalue weighted by atomic mass is 9.90. The van der Waals surface area contributed by atoms with Crippen LogP contribution in [0.25, 0.3) is 10.8 Å². The van der Waals surface area contributed by atoms with Crippen LogP contribution in [0.15, 0.2) is 15.7 Å². The third-order valence-electron chi connectivity index (χ3n) is 4.28. The fourth-order valence-electron chi connectivity index (χ4n) is 2.82. The van der Waals surface area contributed by atoms with E-state index in [1.54, 1.807) is 11.3 Å². The molecule has 0 bridgehead atoms. The molecule has 0 aromatic carbocycles.